The molecule has 0 bridgehead atoms. The maximum atomic E-state index is 11.9. The molecule has 35 heavy (non-hydrogen) atoms. The number of hydrogen-bond acceptors (Lipinski definition) is 4. The summed E-state index contributed by atoms with van der Waals surface area (Å²) in [7, 11) is -3.66. The zero-order chi connectivity index (χ0) is 24.7. The molecule has 5 rings (SSSR count). The van der Waals surface area contributed by atoms with Crippen molar-refractivity contribution in [3.05, 3.63) is 102 Å². The normalized spacial score (nSPS) is 22.0. The molecule has 2 aliphatic carbocycles. The van der Waals surface area contributed by atoms with E-state index < -0.39 is 21.3 Å². The van der Waals surface area contributed by atoms with Gasteiger partial charge in [0, 0.05) is 0 Å². The summed E-state index contributed by atoms with van der Waals surface area (Å²) in [5.74, 6) is 2.71. The van der Waals surface area contributed by atoms with E-state index in [0.717, 1.165) is 47.1 Å². The Morgan fingerprint density at radius 3 is 1.89 bits per heavy atom. The summed E-state index contributed by atoms with van der Waals surface area (Å²) in [6.45, 7) is 4.39. The van der Waals surface area contributed by atoms with Crippen LogP contribution in [0.4, 0.5) is 0 Å². The van der Waals surface area contributed by atoms with Crippen molar-refractivity contribution in [2.45, 2.75) is 50.7 Å². The summed E-state index contributed by atoms with van der Waals surface area (Å²) in [6, 6.07) is 27.7. The van der Waals surface area contributed by atoms with Crippen LogP contribution >= 0.6 is 0 Å². The van der Waals surface area contributed by atoms with E-state index >= 15 is 0 Å². The van der Waals surface area contributed by atoms with Gasteiger partial charge in [-0.3, -0.25) is 0 Å². The molecule has 2 fully saturated rings. The van der Waals surface area contributed by atoms with Crippen molar-refractivity contribution in [3.8, 4) is 5.75 Å². The predicted molar refractivity (Wildman–Crippen MR) is 139 cm³/mol. The predicted octanol–water partition coefficient (Wildman–Crippen LogP) is 6.55. The molecular formula is C30H34O4S. The molecule has 0 amide bonds. The SMILES string of the molecule is CC(C)(CC1C2CCCC21)OC(c1ccccc1)(c1ccccc1)c1cccc(OS(C)(=O)=O)c1. The molecule has 184 valence electrons. The maximum absolute atomic E-state index is 11.9. The topological polar surface area (TPSA) is 52.6 Å². The number of fused-ring (bicyclic) bond motifs is 1. The van der Waals surface area contributed by atoms with Crippen LogP contribution in [-0.4, -0.2) is 20.3 Å². The number of rotatable bonds is 9. The minimum atomic E-state index is -3.66. The number of ether oxygens (including phenoxy) is 1. The Bertz CT molecular complexity index is 1220. The van der Waals surface area contributed by atoms with Gasteiger partial charge in [0.2, 0.25) is 0 Å². The smallest absolute Gasteiger partial charge is 0.306 e. The molecule has 2 atom stereocenters. The zero-order valence-electron chi connectivity index (χ0n) is 20.7. The molecule has 0 heterocycles. The second-order valence-electron chi connectivity index (χ2n) is 10.7. The Labute approximate surface area is 209 Å². The van der Waals surface area contributed by atoms with Crippen molar-refractivity contribution in [1.29, 1.82) is 0 Å². The summed E-state index contributed by atoms with van der Waals surface area (Å²) < 4.78 is 36.4. The molecule has 0 spiro atoms. The summed E-state index contributed by atoms with van der Waals surface area (Å²) in [4.78, 5) is 0. The van der Waals surface area contributed by atoms with Gasteiger partial charge in [0.25, 0.3) is 0 Å². The van der Waals surface area contributed by atoms with Gasteiger partial charge >= 0.3 is 10.1 Å². The summed E-state index contributed by atoms with van der Waals surface area (Å²) in [6.07, 6.45) is 6.12. The summed E-state index contributed by atoms with van der Waals surface area (Å²) in [5, 5.41) is 0. The van der Waals surface area contributed by atoms with Crippen molar-refractivity contribution in [2.75, 3.05) is 6.26 Å². The molecule has 0 N–H and O–H groups in total. The van der Waals surface area contributed by atoms with E-state index in [4.69, 9.17) is 8.92 Å². The molecule has 4 nitrogen and oxygen atoms in total. The lowest BCUT2D eigenvalue weighted by Gasteiger charge is -2.43. The first kappa shape index (κ1) is 24.1. The first-order chi connectivity index (χ1) is 16.7. The fourth-order valence-corrected chi connectivity index (χ4v) is 6.71. The lowest BCUT2D eigenvalue weighted by Crippen LogP contribution is -2.42. The van der Waals surface area contributed by atoms with Crippen molar-refractivity contribution in [3.63, 3.8) is 0 Å². The Balaban J connectivity index is 1.64. The quantitative estimate of drug-likeness (QED) is 0.252. The van der Waals surface area contributed by atoms with E-state index in [-0.39, 0.29) is 5.75 Å². The first-order valence-corrected chi connectivity index (χ1v) is 14.3. The van der Waals surface area contributed by atoms with Crippen molar-refractivity contribution in [1.82, 2.24) is 0 Å². The van der Waals surface area contributed by atoms with Crippen LogP contribution in [0, 0.1) is 17.8 Å². The van der Waals surface area contributed by atoms with Gasteiger partial charge in [-0.1, -0.05) is 79.2 Å². The fourth-order valence-electron chi connectivity index (χ4n) is 6.26. The third-order valence-corrected chi connectivity index (χ3v) is 8.08. The summed E-state index contributed by atoms with van der Waals surface area (Å²) >= 11 is 0. The van der Waals surface area contributed by atoms with E-state index in [2.05, 4.69) is 38.1 Å². The lowest BCUT2D eigenvalue weighted by molar-refractivity contribution is -0.110. The Morgan fingerprint density at radius 2 is 1.34 bits per heavy atom. The molecule has 0 aromatic heterocycles. The van der Waals surface area contributed by atoms with Gasteiger partial charge in [-0.15, -0.1) is 0 Å². The van der Waals surface area contributed by atoms with E-state index in [9.17, 15) is 8.42 Å². The van der Waals surface area contributed by atoms with Gasteiger partial charge in [0.1, 0.15) is 11.4 Å². The molecular weight excluding hydrogens is 456 g/mol. The highest BCUT2D eigenvalue weighted by Gasteiger charge is 2.55. The van der Waals surface area contributed by atoms with E-state index in [1.165, 1.54) is 19.3 Å². The lowest BCUT2D eigenvalue weighted by atomic mass is 9.79. The van der Waals surface area contributed by atoms with Crippen molar-refractivity contribution in [2.24, 2.45) is 17.8 Å². The Morgan fingerprint density at radius 1 is 0.800 bits per heavy atom. The van der Waals surface area contributed by atoms with Crippen LogP contribution in [0.15, 0.2) is 84.9 Å². The second kappa shape index (κ2) is 9.11. The monoisotopic (exact) mass is 490 g/mol. The molecule has 2 saturated carbocycles. The molecule has 3 aromatic rings. The van der Waals surface area contributed by atoms with Crippen molar-refractivity contribution < 1.29 is 17.3 Å². The van der Waals surface area contributed by atoms with Gasteiger partial charge < -0.3 is 8.92 Å². The van der Waals surface area contributed by atoms with Gasteiger partial charge in [0.05, 0.1) is 11.9 Å². The third kappa shape index (κ3) is 5.03. The van der Waals surface area contributed by atoms with Gasteiger partial charge in [-0.05, 0) is 79.7 Å². The van der Waals surface area contributed by atoms with E-state index in [0.29, 0.717) is 0 Å². The standard InChI is InChI=1S/C30H34O4S/c1-29(2,21-28-26-18-11-19-27(26)28)34-30(22-12-6-4-7-13-22,23-14-8-5-9-15-23)24-16-10-17-25(20-24)33-35(3,31)32/h4-10,12-17,20,26-28H,11,18-19,21H2,1-3H3. The van der Waals surface area contributed by atoms with Gasteiger partial charge in [-0.25, -0.2) is 0 Å². The van der Waals surface area contributed by atoms with Crippen LogP contribution in [0.3, 0.4) is 0 Å². The molecule has 2 aliphatic rings. The van der Waals surface area contributed by atoms with E-state index in [1.54, 1.807) is 12.1 Å². The second-order valence-corrected chi connectivity index (χ2v) is 12.3. The van der Waals surface area contributed by atoms with Crippen molar-refractivity contribution >= 4 is 10.1 Å². The largest absolute Gasteiger partial charge is 0.383 e. The molecule has 0 aliphatic heterocycles. The average Bonchev–Trinajstić information content (AvgIpc) is 3.22. The summed E-state index contributed by atoms with van der Waals surface area (Å²) in [5.41, 5.74) is 1.47. The van der Waals surface area contributed by atoms with Gasteiger partial charge in [-0.2, -0.15) is 8.42 Å². The fraction of sp³-hybridized carbons (Fsp3) is 0.400. The Hall–Kier alpha value is -2.63. The molecule has 5 heteroatoms. The molecule has 0 radical (unpaired) electrons. The van der Waals surface area contributed by atoms with Crippen LogP contribution in [-0.2, 0) is 20.5 Å². The first-order valence-electron chi connectivity index (χ1n) is 12.5. The number of hydrogen-bond donors (Lipinski definition) is 0. The van der Waals surface area contributed by atoms with Crippen LogP contribution in [0.25, 0.3) is 0 Å². The minimum Gasteiger partial charge on any atom is -0.383 e. The van der Waals surface area contributed by atoms with E-state index in [1.807, 2.05) is 48.5 Å². The van der Waals surface area contributed by atoms with Crippen LogP contribution in [0.5, 0.6) is 5.75 Å². The van der Waals surface area contributed by atoms with Gasteiger partial charge in [0.15, 0.2) is 0 Å². The van der Waals surface area contributed by atoms with Crippen LogP contribution in [0.1, 0.15) is 56.2 Å². The zero-order valence-corrected chi connectivity index (χ0v) is 21.5. The van der Waals surface area contributed by atoms with Crippen LogP contribution in [0.2, 0.25) is 0 Å². The van der Waals surface area contributed by atoms with Crippen LogP contribution < -0.4 is 4.18 Å². The number of benzene rings is 3. The highest BCUT2D eigenvalue weighted by molar-refractivity contribution is 7.86. The molecule has 2 unspecified atom stereocenters. The Kier molecular flexibility index (Phi) is 6.27. The third-order valence-electron chi connectivity index (χ3n) is 7.59. The maximum Gasteiger partial charge on any atom is 0.306 e. The highest BCUT2D eigenvalue weighted by atomic mass is 32.2. The highest BCUT2D eigenvalue weighted by Crippen LogP contribution is 2.61. The minimum absolute atomic E-state index is 0.277. The molecule has 0 saturated heterocycles. The average molecular weight is 491 g/mol. The molecule has 3 aromatic carbocycles.